The molecule has 1 unspecified atom stereocenters. The average molecular weight is 266 g/mol. The van der Waals surface area contributed by atoms with Gasteiger partial charge in [0, 0.05) is 25.2 Å². The summed E-state index contributed by atoms with van der Waals surface area (Å²) >= 11 is 0. The van der Waals surface area contributed by atoms with Crippen molar-refractivity contribution in [1.29, 1.82) is 0 Å². The Kier molecular flexibility index (Phi) is 3.89. The van der Waals surface area contributed by atoms with Crippen LogP contribution < -0.4 is 5.73 Å². The monoisotopic (exact) mass is 266 g/mol. The lowest BCUT2D eigenvalue weighted by atomic mass is 9.83. The fourth-order valence-electron chi connectivity index (χ4n) is 4.51. The van der Waals surface area contributed by atoms with E-state index in [0.29, 0.717) is 6.10 Å². The molecule has 3 rings (SSSR count). The van der Waals surface area contributed by atoms with Crippen LogP contribution in [0.25, 0.3) is 0 Å². The van der Waals surface area contributed by atoms with Crippen molar-refractivity contribution < 1.29 is 4.74 Å². The van der Waals surface area contributed by atoms with E-state index >= 15 is 0 Å². The fourth-order valence-corrected chi connectivity index (χ4v) is 4.51. The standard InChI is InChI=1S/C16H30N2O/c1-2-7-15(17)12-18(13-15)11-14-6-10-16(19-14)8-4-3-5-9-16/h14H,2-13,17H2,1H3. The van der Waals surface area contributed by atoms with Crippen molar-refractivity contribution in [3.63, 3.8) is 0 Å². The summed E-state index contributed by atoms with van der Waals surface area (Å²) in [5.74, 6) is 0. The maximum atomic E-state index is 6.44. The van der Waals surface area contributed by atoms with Crippen LogP contribution in [0.4, 0.5) is 0 Å². The Balaban J connectivity index is 1.43. The van der Waals surface area contributed by atoms with Crippen molar-refractivity contribution in [2.45, 2.75) is 82.0 Å². The highest BCUT2D eigenvalue weighted by Gasteiger charge is 2.44. The van der Waals surface area contributed by atoms with Crippen LogP contribution in [0.1, 0.15) is 64.7 Å². The summed E-state index contributed by atoms with van der Waals surface area (Å²) in [6.07, 6.45) is 12.2. The van der Waals surface area contributed by atoms with E-state index in [1.54, 1.807) is 0 Å². The molecule has 1 aliphatic carbocycles. The highest BCUT2D eigenvalue weighted by atomic mass is 16.5. The zero-order valence-corrected chi connectivity index (χ0v) is 12.5. The van der Waals surface area contributed by atoms with Gasteiger partial charge in [-0.05, 0) is 32.1 Å². The van der Waals surface area contributed by atoms with Gasteiger partial charge in [0.1, 0.15) is 0 Å². The normalized spacial score (nSPS) is 33.5. The zero-order chi connectivity index (χ0) is 13.3. The minimum atomic E-state index is 0.107. The number of hydrogen-bond acceptors (Lipinski definition) is 3. The number of likely N-dealkylation sites (tertiary alicyclic amines) is 1. The largest absolute Gasteiger partial charge is 0.370 e. The molecule has 0 aromatic rings. The van der Waals surface area contributed by atoms with Crippen LogP contribution in [0.5, 0.6) is 0 Å². The molecular weight excluding hydrogens is 236 g/mol. The summed E-state index contributed by atoms with van der Waals surface area (Å²) in [7, 11) is 0. The van der Waals surface area contributed by atoms with E-state index in [9.17, 15) is 0 Å². The highest BCUT2D eigenvalue weighted by molar-refractivity contribution is 5.01. The van der Waals surface area contributed by atoms with Crippen LogP contribution in [0.3, 0.4) is 0 Å². The fraction of sp³-hybridized carbons (Fsp3) is 1.00. The smallest absolute Gasteiger partial charge is 0.0710 e. The minimum Gasteiger partial charge on any atom is -0.370 e. The molecule has 0 aromatic carbocycles. The van der Waals surface area contributed by atoms with E-state index < -0.39 is 0 Å². The summed E-state index contributed by atoms with van der Waals surface area (Å²) in [4.78, 5) is 2.50. The van der Waals surface area contributed by atoms with Gasteiger partial charge in [0.2, 0.25) is 0 Å². The third kappa shape index (κ3) is 2.98. The van der Waals surface area contributed by atoms with Crippen molar-refractivity contribution in [2.24, 2.45) is 5.73 Å². The molecule has 3 nitrogen and oxygen atoms in total. The lowest BCUT2D eigenvalue weighted by Gasteiger charge is -2.49. The Morgan fingerprint density at radius 1 is 1.16 bits per heavy atom. The Hall–Kier alpha value is -0.120. The van der Waals surface area contributed by atoms with Gasteiger partial charge in [0.15, 0.2) is 0 Å². The van der Waals surface area contributed by atoms with Crippen molar-refractivity contribution in [2.75, 3.05) is 19.6 Å². The Labute approximate surface area is 117 Å². The Bertz CT molecular complexity index is 306. The van der Waals surface area contributed by atoms with Crippen LogP contribution in [0.2, 0.25) is 0 Å². The summed E-state index contributed by atoms with van der Waals surface area (Å²) in [5.41, 5.74) is 6.71. The van der Waals surface area contributed by atoms with Gasteiger partial charge in [-0.1, -0.05) is 32.6 Å². The Morgan fingerprint density at radius 3 is 2.58 bits per heavy atom. The topological polar surface area (TPSA) is 38.5 Å². The molecule has 110 valence electrons. The molecule has 2 N–H and O–H groups in total. The van der Waals surface area contributed by atoms with Crippen LogP contribution in [0.15, 0.2) is 0 Å². The predicted molar refractivity (Wildman–Crippen MR) is 78.2 cm³/mol. The summed E-state index contributed by atoms with van der Waals surface area (Å²) in [5, 5.41) is 0. The number of rotatable bonds is 4. The molecule has 0 bridgehead atoms. The maximum Gasteiger partial charge on any atom is 0.0710 e. The van der Waals surface area contributed by atoms with E-state index in [-0.39, 0.29) is 11.1 Å². The van der Waals surface area contributed by atoms with E-state index in [1.165, 1.54) is 57.8 Å². The first kappa shape index (κ1) is 13.8. The minimum absolute atomic E-state index is 0.107. The van der Waals surface area contributed by atoms with Gasteiger partial charge in [0.05, 0.1) is 11.7 Å². The van der Waals surface area contributed by atoms with Gasteiger partial charge in [-0.15, -0.1) is 0 Å². The molecular formula is C16H30N2O. The third-order valence-corrected chi connectivity index (χ3v) is 5.39. The molecule has 3 aliphatic rings. The first-order valence-corrected chi connectivity index (χ1v) is 8.32. The van der Waals surface area contributed by atoms with E-state index in [4.69, 9.17) is 10.5 Å². The van der Waals surface area contributed by atoms with Crippen LogP contribution >= 0.6 is 0 Å². The summed E-state index contributed by atoms with van der Waals surface area (Å²) in [6, 6.07) is 0. The Morgan fingerprint density at radius 2 is 1.89 bits per heavy atom. The number of nitrogens with zero attached hydrogens (tertiary/aromatic N) is 1. The van der Waals surface area contributed by atoms with Gasteiger partial charge < -0.3 is 10.5 Å². The van der Waals surface area contributed by atoms with Gasteiger partial charge >= 0.3 is 0 Å². The second-order valence-electron chi connectivity index (χ2n) is 7.30. The lowest BCUT2D eigenvalue weighted by molar-refractivity contribution is -0.0830. The molecule has 0 aromatic heterocycles. The van der Waals surface area contributed by atoms with Crippen LogP contribution in [-0.2, 0) is 4.74 Å². The average Bonchev–Trinajstić information content (AvgIpc) is 2.71. The SMILES string of the molecule is CCCC1(N)CN(CC2CCC3(CCCCC3)O2)C1. The van der Waals surface area contributed by atoms with E-state index in [1.807, 2.05) is 0 Å². The van der Waals surface area contributed by atoms with Gasteiger partial charge in [-0.25, -0.2) is 0 Å². The molecule has 2 heterocycles. The summed E-state index contributed by atoms with van der Waals surface area (Å²) < 4.78 is 6.44. The molecule has 0 amide bonds. The van der Waals surface area contributed by atoms with Crippen LogP contribution in [0, 0.1) is 0 Å². The molecule has 1 spiro atoms. The van der Waals surface area contributed by atoms with Crippen molar-refractivity contribution in [3.05, 3.63) is 0 Å². The van der Waals surface area contributed by atoms with Gasteiger partial charge in [-0.3, -0.25) is 4.90 Å². The van der Waals surface area contributed by atoms with Crippen molar-refractivity contribution >= 4 is 0 Å². The predicted octanol–water partition coefficient (Wildman–Crippen LogP) is 2.68. The molecule has 2 saturated heterocycles. The molecule has 1 atom stereocenters. The maximum absolute atomic E-state index is 6.44. The zero-order valence-electron chi connectivity index (χ0n) is 12.5. The van der Waals surface area contributed by atoms with Gasteiger partial charge in [-0.2, -0.15) is 0 Å². The quantitative estimate of drug-likeness (QED) is 0.850. The number of hydrogen-bond donors (Lipinski definition) is 1. The van der Waals surface area contributed by atoms with Crippen LogP contribution in [-0.4, -0.2) is 41.8 Å². The van der Waals surface area contributed by atoms with E-state index in [0.717, 1.165) is 19.6 Å². The highest BCUT2D eigenvalue weighted by Crippen LogP contribution is 2.42. The molecule has 3 fully saturated rings. The number of nitrogens with two attached hydrogens (primary N) is 1. The molecule has 2 aliphatic heterocycles. The second-order valence-corrected chi connectivity index (χ2v) is 7.30. The van der Waals surface area contributed by atoms with E-state index in [2.05, 4.69) is 11.8 Å². The lowest BCUT2D eigenvalue weighted by Crippen LogP contribution is -2.68. The molecule has 3 heteroatoms. The molecule has 0 radical (unpaired) electrons. The first-order chi connectivity index (χ1) is 9.13. The summed E-state index contributed by atoms with van der Waals surface area (Å²) in [6.45, 7) is 5.50. The molecule has 19 heavy (non-hydrogen) atoms. The second kappa shape index (κ2) is 5.34. The van der Waals surface area contributed by atoms with Gasteiger partial charge in [0.25, 0.3) is 0 Å². The van der Waals surface area contributed by atoms with Crippen molar-refractivity contribution in [1.82, 2.24) is 4.90 Å². The van der Waals surface area contributed by atoms with Crippen molar-refractivity contribution in [3.8, 4) is 0 Å². The third-order valence-electron chi connectivity index (χ3n) is 5.39. The first-order valence-electron chi connectivity index (χ1n) is 8.32. The molecule has 1 saturated carbocycles. The number of ether oxygens (including phenoxy) is 1.